The van der Waals surface area contributed by atoms with Gasteiger partial charge in [-0.1, -0.05) is 27.7 Å². The SMILES string of the molecule is CC1CNC(C(=O)NC2CC(C)(C)CC(C)(C)C2)CN1. The van der Waals surface area contributed by atoms with Gasteiger partial charge >= 0.3 is 0 Å². The van der Waals surface area contributed by atoms with Gasteiger partial charge in [-0.05, 0) is 37.0 Å². The number of piperazine rings is 1. The predicted octanol–water partition coefficient (Wildman–Crippen LogP) is 1.66. The van der Waals surface area contributed by atoms with Gasteiger partial charge in [0.25, 0.3) is 0 Å². The van der Waals surface area contributed by atoms with Crippen LogP contribution in [-0.2, 0) is 4.79 Å². The van der Waals surface area contributed by atoms with Crippen molar-refractivity contribution in [3.05, 3.63) is 0 Å². The second-order valence-electron chi connectivity index (χ2n) is 8.39. The summed E-state index contributed by atoms with van der Waals surface area (Å²) in [5.74, 6) is 0.155. The first kappa shape index (κ1) is 15.8. The van der Waals surface area contributed by atoms with Gasteiger partial charge < -0.3 is 16.0 Å². The minimum absolute atomic E-state index is 0.0839. The number of hydrogen-bond donors (Lipinski definition) is 3. The average molecular weight is 281 g/mol. The molecule has 1 saturated heterocycles. The third-order valence-corrected chi connectivity index (χ3v) is 4.56. The van der Waals surface area contributed by atoms with Crippen molar-refractivity contribution in [1.82, 2.24) is 16.0 Å². The van der Waals surface area contributed by atoms with Crippen molar-refractivity contribution >= 4 is 5.91 Å². The molecule has 0 bridgehead atoms. The van der Waals surface area contributed by atoms with E-state index in [1.807, 2.05) is 0 Å². The van der Waals surface area contributed by atoms with Crippen LogP contribution in [0.2, 0.25) is 0 Å². The fourth-order valence-electron chi connectivity index (χ4n) is 4.22. The van der Waals surface area contributed by atoms with E-state index in [1.54, 1.807) is 0 Å². The van der Waals surface area contributed by atoms with Gasteiger partial charge in [0, 0.05) is 25.2 Å². The van der Waals surface area contributed by atoms with E-state index >= 15 is 0 Å². The molecule has 0 spiro atoms. The normalized spacial score (nSPS) is 33.6. The van der Waals surface area contributed by atoms with Crippen molar-refractivity contribution in [2.75, 3.05) is 13.1 Å². The molecule has 20 heavy (non-hydrogen) atoms. The van der Waals surface area contributed by atoms with Crippen LogP contribution in [-0.4, -0.2) is 37.1 Å². The van der Waals surface area contributed by atoms with Crippen LogP contribution in [0, 0.1) is 10.8 Å². The lowest BCUT2D eigenvalue weighted by Crippen LogP contribution is -2.60. The van der Waals surface area contributed by atoms with E-state index in [0.717, 1.165) is 25.9 Å². The number of amides is 1. The van der Waals surface area contributed by atoms with Gasteiger partial charge in [0.15, 0.2) is 0 Å². The minimum atomic E-state index is -0.0839. The summed E-state index contributed by atoms with van der Waals surface area (Å²) in [6.07, 6.45) is 3.39. The molecule has 2 rings (SSSR count). The Morgan fingerprint density at radius 3 is 2.15 bits per heavy atom. The van der Waals surface area contributed by atoms with Crippen LogP contribution in [0.1, 0.15) is 53.9 Å². The third-order valence-electron chi connectivity index (χ3n) is 4.56. The molecule has 1 aliphatic heterocycles. The molecule has 0 aromatic rings. The van der Waals surface area contributed by atoms with E-state index in [4.69, 9.17) is 0 Å². The summed E-state index contributed by atoms with van der Waals surface area (Å²) in [5.41, 5.74) is 0.624. The Hall–Kier alpha value is -0.610. The fourth-order valence-corrected chi connectivity index (χ4v) is 4.22. The molecule has 1 saturated carbocycles. The Morgan fingerprint density at radius 2 is 1.65 bits per heavy atom. The monoisotopic (exact) mass is 281 g/mol. The first-order valence-electron chi connectivity index (χ1n) is 7.94. The van der Waals surface area contributed by atoms with Crippen LogP contribution in [0.15, 0.2) is 0 Å². The summed E-state index contributed by atoms with van der Waals surface area (Å²) in [6.45, 7) is 13.0. The highest BCUT2D eigenvalue weighted by Crippen LogP contribution is 2.45. The molecule has 1 amide bonds. The molecule has 0 radical (unpaired) electrons. The molecular weight excluding hydrogens is 250 g/mol. The lowest BCUT2D eigenvalue weighted by Gasteiger charge is -2.45. The van der Waals surface area contributed by atoms with Crippen LogP contribution in [0.4, 0.5) is 0 Å². The van der Waals surface area contributed by atoms with Gasteiger partial charge in [0.05, 0.1) is 6.04 Å². The van der Waals surface area contributed by atoms with E-state index in [2.05, 4.69) is 50.6 Å². The molecule has 4 heteroatoms. The molecule has 2 fully saturated rings. The topological polar surface area (TPSA) is 53.2 Å². The zero-order chi connectivity index (χ0) is 15.0. The summed E-state index contributed by atoms with van der Waals surface area (Å²) < 4.78 is 0. The van der Waals surface area contributed by atoms with E-state index in [1.165, 1.54) is 6.42 Å². The van der Waals surface area contributed by atoms with Crippen molar-refractivity contribution < 1.29 is 4.79 Å². The average Bonchev–Trinajstić information content (AvgIpc) is 2.25. The van der Waals surface area contributed by atoms with Gasteiger partial charge in [-0.15, -0.1) is 0 Å². The van der Waals surface area contributed by atoms with Crippen molar-refractivity contribution in [2.45, 2.75) is 72.0 Å². The van der Waals surface area contributed by atoms with Gasteiger partial charge in [-0.2, -0.15) is 0 Å². The highest BCUT2D eigenvalue weighted by atomic mass is 16.2. The molecule has 2 aliphatic rings. The molecule has 116 valence electrons. The second kappa shape index (κ2) is 5.64. The maximum absolute atomic E-state index is 12.4. The standard InChI is InChI=1S/C16H31N3O/c1-11-8-18-13(9-17-11)14(20)19-12-6-15(2,3)10-16(4,5)7-12/h11-13,17-18H,6-10H2,1-5H3,(H,19,20). The second-order valence-corrected chi connectivity index (χ2v) is 8.39. The van der Waals surface area contributed by atoms with E-state index in [-0.39, 0.29) is 11.9 Å². The van der Waals surface area contributed by atoms with Crippen molar-refractivity contribution in [3.8, 4) is 0 Å². The molecule has 0 aromatic carbocycles. The fraction of sp³-hybridized carbons (Fsp3) is 0.938. The molecule has 1 heterocycles. The molecule has 3 N–H and O–H groups in total. The van der Waals surface area contributed by atoms with Crippen LogP contribution in [0.3, 0.4) is 0 Å². The largest absolute Gasteiger partial charge is 0.352 e. The quantitative estimate of drug-likeness (QED) is 0.721. The predicted molar refractivity (Wildman–Crippen MR) is 82.6 cm³/mol. The van der Waals surface area contributed by atoms with Gasteiger partial charge in [0.2, 0.25) is 5.91 Å². The number of carbonyl (C=O) groups is 1. The molecule has 0 aromatic heterocycles. The molecular formula is C16H31N3O. The van der Waals surface area contributed by atoms with Crippen LogP contribution >= 0.6 is 0 Å². The minimum Gasteiger partial charge on any atom is -0.352 e. The molecule has 2 unspecified atom stereocenters. The van der Waals surface area contributed by atoms with E-state index in [0.29, 0.717) is 22.9 Å². The van der Waals surface area contributed by atoms with Crippen molar-refractivity contribution in [3.63, 3.8) is 0 Å². The Balaban J connectivity index is 1.90. The molecule has 2 atom stereocenters. The Morgan fingerprint density at radius 1 is 1.05 bits per heavy atom. The number of nitrogens with one attached hydrogen (secondary N) is 3. The van der Waals surface area contributed by atoms with Crippen molar-refractivity contribution in [2.24, 2.45) is 10.8 Å². The first-order chi connectivity index (χ1) is 9.17. The Labute approximate surface area is 123 Å². The van der Waals surface area contributed by atoms with Gasteiger partial charge in [0.1, 0.15) is 0 Å². The van der Waals surface area contributed by atoms with Crippen LogP contribution in [0.25, 0.3) is 0 Å². The summed E-state index contributed by atoms with van der Waals surface area (Å²) >= 11 is 0. The summed E-state index contributed by atoms with van der Waals surface area (Å²) in [7, 11) is 0. The summed E-state index contributed by atoms with van der Waals surface area (Å²) in [4.78, 5) is 12.4. The molecule has 1 aliphatic carbocycles. The number of carbonyl (C=O) groups excluding carboxylic acids is 1. The third kappa shape index (κ3) is 4.19. The van der Waals surface area contributed by atoms with Gasteiger partial charge in [-0.25, -0.2) is 0 Å². The Bertz CT molecular complexity index is 341. The van der Waals surface area contributed by atoms with Crippen molar-refractivity contribution in [1.29, 1.82) is 0 Å². The zero-order valence-corrected chi connectivity index (χ0v) is 13.7. The number of hydrogen-bond acceptors (Lipinski definition) is 3. The lowest BCUT2D eigenvalue weighted by molar-refractivity contribution is -0.125. The maximum atomic E-state index is 12.4. The van der Waals surface area contributed by atoms with Crippen LogP contribution in [0.5, 0.6) is 0 Å². The highest BCUT2D eigenvalue weighted by Gasteiger charge is 2.39. The number of rotatable bonds is 2. The highest BCUT2D eigenvalue weighted by molar-refractivity contribution is 5.82. The van der Waals surface area contributed by atoms with Gasteiger partial charge in [-0.3, -0.25) is 4.79 Å². The Kier molecular flexibility index (Phi) is 4.45. The zero-order valence-electron chi connectivity index (χ0n) is 13.7. The smallest absolute Gasteiger partial charge is 0.238 e. The summed E-state index contributed by atoms with van der Waals surface area (Å²) in [5, 5.41) is 9.96. The lowest BCUT2D eigenvalue weighted by atomic mass is 9.63. The van der Waals surface area contributed by atoms with E-state index in [9.17, 15) is 4.79 Å². The maximum Gasteiger partial charge on any atom is 0.238 e. The van der Waals surface area contributed by atoms with Crippen LogP contribution < -0.4 is 16.0 Å². The molecule has 4 nitrogen and oxygen atoms in total. The first-order valence-corrected chi connectivity index (χ1v) is 7.94. The van der Waals surface area contributed by atoms with E-state index < -0.39 is 0 Å². The summed E-state index contributed by atoms with van der Waals surface area (Å²) in [6, 6.07) is 0.674.